The van der Waals surface area contributed by atoms with E-state index in [0.29, 0.717) is 0 Å². The van der Waals surface area contributed by atoms with Crippen molar-refractivity contribution in [1.29, 1.82) is 10.7 Å². The number of allylic oxidation sites excluding steroid dienone is 1. The lowest BCUT2D eigenvalue weighted by atomic mass is 10.4. The second-order valence-corrected chi connectivity index (χ2v) is 0.892. The van der Waals surface area contributed by atoms with Crippen LogP contribution in [0.4, 0.5) is 4.39 Å². The van der Waals surface area contributed by atoms with Crippen LogP contribution in [0.15, 0.2) is 12.4 Å². The zero-order chi connectivity index (χ0) is 5.86. The maximum absolute atomic E-state index is 11.5. The molecule has 1 N–H and O–H groups in total. The van der Waals surface area contributed by atoms with Crippen LogP contribution in [-0.2, 0) is 0 Å². The van der Waals surface area contributed by atoms with Crippen LogP contribution in [0.3, 0.4) is 0 Å². The van der Waals surface area contributed by atoms with Gasteiger partial charge in [-0.25, -0.2) is 4.39 Å². The SMILES string of the molecule is C=C(F)C(=N)C#N. The topological polar surface area (TPSA) is 47.6 Å². The van der Waals surface area contributed by atoms with E-state index in [2.05, 4.69) is 6.58 Å². The van der Waals surface area contributed by atoms with Crippen molar-refractivity contribution >= 4 is 5.71 Å². The summed E-state index contributed by atoms with van der Waals surface area (Å²) in [6, 6.07) is 1.27. The molecular weight excluding hydrogens is 95.1 g/mol. The lowest BCUT2D eigenvalue weighted by Crippen LogP contribution is -1.87. The highest BCUT2D eigenvalue weighted by molar-refractivity contribution is 6.07. The average molecular weight is 98.1 g/mol. The van der Waals surface area contributed by atoms with Crippen molar-refractivity contribution in [3.05, 3.63) is 12.4 Å². The van der Waals surface area contributed by atoms with Crippen molar-refractivity contribution in [2.24, 2.45) is 0 Å². The fraction of sp³-hybridized carbons (Fsp3) is 0. The van der Waals surface area contributed by atoms with Gasteiger partial charge in [-0.05, 0) is 0 Å². The molecule has 0 bridgehead atoms. The van der Waals surface area contributed by atoms with Gasteiger partial charge >= 0.3 is 0 Å². The smallest absolute Gasteiger partial charge is 0.167 e. The van der Waals surface area contributed by atoms with Gasteiger partial charge in [-0.2, -0.15) is 5.26 Å². The van der Waals surface area contributed by atoms with E-state index >= 15 is 0 Å². The van der Waals surface area contributed by atoms with Crippen molar-refractivity contribution < 1.29 is 4.39 Å². The molecule has 0 rings (SSSR count). The summed E-state index contributed by atoms with van der Waals surface area (Å²) in [5.74, 6) is -0.984. The normalized spacial score (nSPS) is 6.86. The molecule has 0 unspecified atom stereocenters. The number of halogens is 1. The number of nitriles is 1. The minimum absolute atomic E-state index is 0.708. The number of nitrogens with zero attached hydrogens (tertiary/aromatic N) is 1. The average Bonchev–Trinajstić information content (AvgIpc) is 1.65. The van der Waals surface area contributed by atoms with Crippen LogP contribution in [0.1, 0.15) is 0 Å². The van der Waals surface area contributed by atoms with Gasteiger partial charge in [-0.3, -0.25) is 5.41 Å². The standard InChI is InChI=1S/C4H3FN2/c1-3(5)4(7)2-6/h7H,1H2. The molecule has 0 aromatic rings. The predicted octanol–water partition coefficient (Wildman–Crippen LogP) is 1.01. The summed E-state index contributed by atoms with van der Waals surface area (Å²) in [7, 11) is 0. The number of rotatable bonds is 1. The van der Waals surface area contributed by atoms with E-state index < -0.39 is 11.5 Å². The van der Waals surface area contributed by atoms with E-state index in [0.717, 1.165) is 0 Å². The molecule has 0 atom stereocenters. The molecule has 0 aromatic heterocycles. The summed E-state index contributed by atoms with van der Waals surface area (Å²) >= 11 is 0. The molecule has 0 aliphatic rings. The summed E-state index contributed by atoms with van der Waals surface area (Å²) < 4.78 is 11.5. The Bertz CT molecular complexity index is 142. The summed E-state index contributed by atoms with van der Waals surface area (Å²) in [4.78, 5) is 0. The molecule has 0 saturated heterocycles. The number of hydrogen-bond acceptors (Lipinski definition) is 2. The highest BCUT2D eigenvalue weighted by Gasteiger charge is 1.94. The maximum atomic E-state index is 11.5. The van der Waals surface area contributed by atoms with Crippen molar-refractivity contribution in [2.45, 2.75) is 0 Å². The highest BCUT2D eigenvalue weighted by Crippen LogP contribution is 1.89. The maximum Gasteiger partial charge on any atom is 0.167 e. The van der Waals surface area contributed by atoms with Crippen LogP contribution >= 0.6 is 0 Å². The third-order valence-electron chi connectivity index (χ3n) is 0.383. The van der Waals surface area contributed by atoms with Crippen LogP contribution < -0.4 is 0 Å². The molecule has 2 nitrogen and oxygen atoms in total. The first-order valence-electron chi connectivity index (χ1n) is 1.52. The molecule has 7 heavy (non-hydrogen) atoms. The number of nitrogens with one attached hydrogen (secondary N) is 1. The van der Waals surface area contributed by atoms with Crippen molar-refractivity contribution in [1.82, 2.24) is 0 Å². The molecule has 0 spiro atoms. The van der Waals surface area contributed by atoms with Crippen molar-refractivity contribution in [2.75, 3.05) is 0 Å². The molecule has 0 radical (unpaired) electrons. The summed E-state index contributed by atoms with van der Waals surface area (Å²) in [5.41, 5.74) is -0.708. The monoisotopic (exact) mass is 98.0 g/mol. The molecule has 36 valence electrons. The van der Waals surface area contributed by atoms with Crippen LogP contribution in [-0.4, -0.2) is 5.71 Å². The van der Waals surface area contributed by atoms with E-state index in [9.17, 15) is 4.39 Å². The van der Waals surface area contributed by atoms with Crippen molar-refractivity contribution in [3.63, 3.8) is 0 Å². The van der Waals surface area contributed by atoms with Crippen LogP contribution in [0, 0.1) is 16.7 Å². The molecule has 0 heterocycles. The summed E-state index contributed by atoms with van der Waals surface area (Å²) in [5, 5.41) is 14.1. The van der Waals surface area contributed by atoms with E-state index in [1.165, 1.54) is 6.07 Å². The quantitative estimate of drug-likeness (QED) is 0.489. The van der Waals surface area contributed by atoms with E-state index in [4.69, 9.17) is 10.7 Å². The lowest BCUT2D eigenvalue weighted by molar-refractivity contribution is 0.686. The summed E-state index contributed by atoms with van der Waals surface area (Å²) in [6.45, 7) is 2.71. The first kappa shape index (κ1) is 5.83. The fourth-order valence-electron chi connectivity index (χ4n) is 0.0607. The Kier molecular flexibility index (Phi) is 1.74. The van der Waals surface area contributed by atoms with Gasteiger partial charge in [0, 0.05) is 0 Å². The zero-order valence-corrected chi connectivity index (χ0v) is 3.53. The second-order valence-electron chi connectivity index (χ2n) is 0.892. The Hall–Kier alpha value is -1.17. The Morgan fingerprint density at radius 3 is 2.29 bits per heavy atom. The van der Waals surface area contributed by atoms with Gasteiger partial charge in [0.1, 0.15) is 6.07 Å². The van der Waals surface area contributed by atoms with E-state index in [-0.39, 0.29) is 0 Å². The molecule has 0 aliphatic carbocycles. The Morgan fingerprint density at radius 2 is 2.29 bits per heavy atom. The Balaban J connectivity index is 3.90. The van der Waals surface area contributed by atoms with Crippen molar-refractivity contribution in [3.8, 4) is 6.07 Å². The lowest BCUT2D eigenvalue weighted by Gasteiger charge is -1.77. The van der Waals surface area contributed by atoms with Gasteiger partial charge in [-0.15, -0.1) is 0 Å². The molecule has 3 heteroatoms. The minimum atomic E-state index is -0.984. The second kappa shape index (κ2) is 2.08. The minimum Gasteiger partial charge on any atom is -0.288 e. The number of hydrogen-bond donors (Lipinski definition) is 1. The first-order chi connectivity index (χ1) is 3.18. The van der Waals surface area contributed by atoms with Crippen LogP contribution in [0.25, 0.3) is 0 Å². The van der Waals surface area contributed by atoms with E-state index in [1.807, 2.05) is 0 Å². The Labute approximate surface area is 40.4 Å². The van der Waals surface area contributed by atoms with E-state index in [1.54, 1.807) is 0 Å². The predicted molar refractivity (Wildman–Crippen MR) is 23.6 cm³/mol. The van der Waals surface area contributed by atoms with Gasteiger partial charge in [0.15, 0.2) is 11.5 Å². The fourth-order valence-corrected chi connectivity index (χ4v) is 0.0607. The molecule has 0 aliphatic heterocycles. The molecular formula is C4H3FN2. The third-order valence-corrected chi connectivity index (χ3v) is 0.383. The van der Waals surface area contributed by atoms with Gasteiger partial charge in [0.05, 0.1) is 0 Å². The molecule has 0 saturated carbocycles. The van der Waals surface area contributed by atoms with Gasteiger partial charge in [0.2, 0.25) is 0 Å². The third kappa shape index (κ3) is 1.66. The van der Waals surface area contributed by atoms with Gasteiger partial charge < -0.3 is 0 Å². The summed E-state index contributed by atoms with van der Waals surface area (Å²) in [6.07, 6.45) is 0. The molecule has 0 fully saturated rings. The van der Waals surface area contributed by atoms with Crippen LogP contribution in [0.2, 0.25) is 0 Å². The highest BCUT2D eigenvalue weighted by atomic mass is 19.1. The van der Waals surface area contributed by atoms with Crippen LogP contribution in [0.5, 0.6) is 0 Å². The zero-order valence-electron chi connectivity index (χ0n) is 3.53. The van der Waals surface area contributed by atoms with Gasteiger partial charge in [0.25, 0.3) is 0 Å². The first-order valence-corrected chi connectivity index (χ1v) is 1.52. The Morgan fingerprint density at radius 1 is 1.86 bits per heavy atom. The largest absolute Gasteiger partial charge is 0.288 e. The molecule has 0 amide bonds. The molecule has 0 aromatic carbocycles. The van der Waals surface area contributed by atoms with Gasteiger partial charge in [-0.1, -0.05) is 6.58 Å².